The first kappa shape index (κ1) is 23.3. The number of hydrogen-bond donors (Lipinski definition) is 2. The molecule has 1 aromatic carbocycles. The summed E-state index contributed by atoms with van der Waals surface area (Å²) in [6.07, 6.45) is 2.50. The zero-order valence-electron chi connectivity index (χ0n) is 14.0. The summed E-state index contributed by atoms with van der Waals surface area (Å²) in [5.41, 5.74) is 6.42. The standard InChI is InChI=1S/C17H24Cl2N2O2.2ClH/c18-13-2-1-3-14(19)12(13)11-21-7-4-17(5-8-21)15(22)10-16(17)23-9-6-20;;/h1-3,15-16,22H,4-11,20H2;2*1H/t15-,16+;;/m1../s1. The minimum absolute atomic E-state index is 0. The Kier molecular flexibility index (Phi) is 9.26. The van der Waals surface area contributed by atoms with Gasteiger partial charge >= 0.3 is 0 Å². The maximum absolute atomic E-state index is 10.3. The summed E-state index contributed by atoms with van der Waals surface area (Å²) in [6, 6.07) is 5.62. The fraction of sp³-hybridized carbons (Fsp3) is 0.647. The van der Waals surface area contributed by atoms with Gasteiger partial charge in [0, 0.05) is 40.5 Å². The highest BCUT2D eigenvalue weighted by Crippen LogP contribution is 2.51. The third-order valence-electron chi connectivity index (χ3n) is 5.41. The first-order chi connectivity index (χ1) is 11.1. The number of likely N-dealkylation sites (tertiary alicyclic amines) is 1. The molecule has 2 atom stereocenters. The van der Waals surface area contributed by atoms with Gasteiger partial charge in [0.05, 0.1) is 18.8 Å². The van der Waals surface area contributed by atoms with Crippen LogP contribution in [0.3, 0.4) is 0 Å². The molecule has 1 saturated carbocycles. The Balaban J connectivity index is 0.00000156. The van der Waals surface area contributed by atoms with Crippen LogP contribution in [0.25, 0.3) is 0 Å². The van der Waals surface area contributed by atoms with E-state index in [1.165, 1.54) is 0 Å². The van der Waals surface area contributed by atoms with Crippen molar-refractivity contribution in [1.82, 2.24) is 4.90 Å². The van der Waals surface area contributed by atoms with Crippen LogP contribution in [0.1, 0.15) is 24.8 Å². The maximum atomic E-state index is 10.3. The van der Waals surface area contributed by atoms with Crippen LogP contribution < -0.4 is 5.73 Å². The van der Waals surface area contributed by atoms with E-state index in [1.54, 1.807) is 0 Å². The third-order valence-corrected chi connectivity index (χ3v) is 6.12. The Morgan fingerprint density at radius 2 is 1.80 bits per heavy atom. The van der Waals surface area contributed by atoms with Gasteiger partial charge in [0.25, 0.3) is 0 Å². The number of nitrogens with zero attached hydrogens (tertiary/aromatic N) is 1. The lowest BCUT2D eigenvalue weighted by Gasteiger charge is -2.56. The van der Waals surface area contributed by atoms with Crippen molar-refractivity contribution < 1.29 is 9.84 Å². The Labute approximate surface area is 171 Å². The normalized spacial score (nSPS) is 25.0. The Hall–Kier alpha value is 0.220. The minimum atomic E-state index is -0.253. The van der Waals surface area contributed by atoms with Crippen molar-refractivity contribution in [2.24, 2.45) is 11.1 Å². The smallest absolute Gasteiger partial charge is 0.0682 e. The average molecular weight is 432 g/mol. The van der Waals surface area contributed by atoms with E-state index in [2.05, 4.69) is 4.90 Å². The van der Waals surface area contributed by atoms with Gasteiger partial charge < -0.3 is 15.6 Å². The molecule has 0 unspecified atom stereocenters. The zero-order valence-corrected chi connectivity index (χ0v) is 17.1. The van der Waals surface area contributed by atoms with Gasteiger partial charge in [-0.1, -0.05) is 29.3 Å². The fourth-order valence-corrected chi connectivity index (χ4v) is 4.38. The lowest BCUT2D eigenvalue weighted by molar-refractivity contribution is -0.210. The number of nitrogens with two attached hydrogens (primary N) is 1. The first-order valence-corrected chi connectivity index (χ1v) is 8.97. The van der Waals surface area contributed by atoms with Gasteiger partial charge in [0.2, 0.25) is 0 Å². The van der Waals surface area contributed by atoms with Crippen molar-refractivity contribution >= 4 is 48.0 Å². The van der Waals surface area contributed by atoms with Crippen molar-refractivity contribution in [2.75, 3.05) is 26.2 Å². The van der Waals surface area contributed by atoms with Crippen molar-refractivity contribution in [1.29, 1.82) is 0 Å². The van der Waals surface area contributed by atoms with Gasteiger partial charge in [-0.05, 0) is 38.1 Å². The lowest BCUT2D eigenvalue weighted by Crippen LogP contribution is -2.62. The van der Waals surface area contributed by atoms with Crippen molar-refractivity contribution in [3.8, 4) is 0 Å². The van der Waals surface area contributed by atoms with E-state index in [0.29, 0.717) is 23.2 Å². The van der Waals surface area contributed by atoms with Crippen LogP contribution in [0.5, 0.6) is 0 Å². The third kappa shape index (κ3) is 4.74. The molecule has 1 aromatic rings. The summed E-state index contributed by atoms with van der Waals surface area (Å²) in [4.78, 5) is 2.35. The van der Waals surface area contributed by atoms with E-state index in [0.717, 1.165) is 44.5 Å². The van der Waals surface area contributed by atoms with Crippen LogP contribution in [-0.2, 0) is 11.3 Å². The molecule has 3 rings (SSSR count). The molecule has 1 spiro atoms. The molecule has 0 radical (unpaired) electrons. The van der Waals surface area contributed by atoms with Crippen molar-refractivity contribution in [2.45, 2.75) is 38.0 Å². The fourth-order valence-electron chi connectivity index (χ4n) is 3.86. The Morgan fingerprint density at radius 1 is 1.20 bits per heavy atom. The highest BCUT2D eigenvalue weighted by atomic mass is 35.5. The molecular weight excluding hydrogens is 406 g/mol. The number of rotatable bonds is 5. The zero-order chi connectivity index (χ0) is 16.4. The van der Waals surface area contributed by atoms with Crippen LogP contribution in [-0.4, -0.2) is 48.5 Å². The second-order valence-corrected chi connectivity index (χ2v) is 7.42. The summed E-state index contributed by atoms with van der Waals surface area (Å²) in [7, 11) is 0. The molecule has 144 valence electrons. The molecule has 2 fully saturated rings. The first-order valence-electron chi connectivity index (χ1n) is 8.22. The molecule has 2 aliphatic rings. The van der Waals surface area contributed by atoms with Gasteiger partial charge in [-0.3, -0.25) is 4.90 Å². The molecular formula is C17H26Cl4N2O2. The van der Waals surface area contributed by atoms with Gasteiger partial charge in [0.15, 0.2) is 0 Å². The molecule has 8 heteroatoms. The van der Waals surface area contributed by atoms with Crippen LogP contribution >= 0.6 is 48.0 Å². The largest absolute Gasteiger partial charge is 0.392 e. The molecule has 1 saturated heterocycles. The topological polar surface area (TPSA) is 58.7 Å². The summed E-state index contributed by atoms with van der Waals surface area (Å²) < 4.78 is 5.84. The van der Waals surface area contributed by atoms with E-state index in [1.807, 2.05) is 18.2 Å². The average Bonchev–Trinajstić information content (AvgIpc) is 2.55. The molecule has 1 heterocycles. The molecule has 1 aliphatic heterocycles. The molecule has 4 nitrogen and oxygen atoms in total. The van der Waals surface area contributed by atoms with E-state index < -0.39 is 0 Å². The number of halogens is 4. The monoisotopic (exact) mass is 430 g/mol. The van der Waals surface area contributed by atoms with Gasteiger partial charge in [-0.2, -0.15) is 0 Å². The number of aliphatic hydroxyl groups excluding tert-OH is 1. The number of benzene rings is 1. The molecule has 0 bridgehead atoms. The second-order valence-electron chi connectivity index (χ2n) is 6.61. The van der Waals surface area contributed by atoms with Gasteiger partial charge in [-0.15, -0.1) is 24.8 Å². The van der Waals surface area contributed by atoms with E-state index in [4.69, 9.17) is 33.7 Å². The van der Waals surface area contributed by atoms with Gasteiger partial charge in [0.1, 0.15) is 0 Å². The van der Waals surface area contributed by atoms with Crippen molar-refractivity contribution in [3.05, 3.63) is 33.8 Å². The molecule has 25 heavy (non-hydrogen) atoms. The summed E-state index contributed by atoms with van der Waals surface area (Å²) in [5.74, 6) is 0. The number of hydrogen-bond acceptors (Lipinski definition) is 4. The maximum Gasteiger partial charge on any atom is 0.0682 e. The predicted molar refractivity (Wildman–Crippen MR) is 107 cm³/mol. The summed E-state index contributed by atoms with van der Waals surface area (Å²) >= 11 is 12.5. The highest BCUT2D eigenvalue weighted by molar-refractivity contribution is 6.35. The lowest BCUT2D eigenvalue weighted by atomic mass is 9.58. The Morgan fingerprint density at radius 3 is 2.32 bits per heavy atom. The number of piperidine rings is 1. The van der Waals surface area contributed by atoms with Crippen LogP contribution in [0.15, 0.2) is 18.2 Å². The predicted octanol–water partition coefficient (Wildman–Crippen LogP) is 3.53. The minimum Gasteiger partial charge on any atom is -0.392 e. The van der Waals surface area contributed by atoms with E-state index in [-0.39, 0.29) is 42.4 Å². The quantitative estimate of drug-likeness (QED) is 0.748. The van der Waals surface area contributed by atoms with Crippen LogP contribution in [0.4, 0.5) is 0 Å². The summed E-state index contributed by atoms with van der Waals surface area (Å²) in [5, 5.41) is 11.7. The number of ether oxygens (including phenoxy) is 1. The Bertz CT molecular complexity index is 533. The SMILES string of the molecule is Cl.Cl.NCCO[C@H]1C[C@@H](O)C12CCN(Cc1c(Cl)cccc1Cl)CC2. The van der Waals surface area contributed by atoms with E-state index in [9.17, 15) is 5.11 Å². The molecule has 0 amide bonds. The second kappa shape index (κ2) is 9.95. The van der Waals surface area contributed by atoms with Crippen molar-refractivity contribution in [3.63, 3.8) is 0 Å². The molecule has 3 N–H and O–H groups in total. The molecule has 0 aromatic heterocycles. The molecule has 1 aliphatic carbocycles. The van der Waals surface area contributed by atoms with Gasteiger partial charge in [-0.25, -0.2) is 0 Å². The van der Waals surface area contributed by atoms with Crippen LogP contribution in [0, 0.1) is 5.41 Å². The highest BCUT2D eigenvalue weighted by Gasteiger charge is 2.56. The van der Waals surface area contributed by atoms with E-state index >= 15 is 0 Å². The van der Waals surface area contributed by atoms with Crippen LogP contribution in [0.2, 0.25) is 10.0 Å². The summed E-state index contributed by atoms with van der Waals surface area (Å²) in [6.45, 7) is 3.68. The number of aliphatic hydroxyl groups is 1.